The van der Waals surface area contributed by atoms with Crippen molar-refractivity contribution in [2.75, 3.05) is 18.5 Å². The highest BCUT2D eigenvalue weighted by Crippen LogP contribution is 2.42. The summed E-state index contributed by atoms with van der Waals surface area (Å²) in [6.07, 6.45) is 0.102. The Balaban J connectivity index is 2.00. The van der Waals surface area contributed by atoms with Gasteiger partial charge in [-0.1, -0.05) is 103 Å². The van der Waals surface area contributed by atoms with E-state index in [1.165, 1.54) is 0 Å². The van der Waals surface area contributed by atoms with Crippen LogP contribution in [0.3, 0.4) is 0 Å². The molecule has 0 aliphatic carbocycles. The zero-order valence-electron chi connectivity index (χ0n) is 18.3. The molecule has 0 fully saturated rings. The first kappa shape index (κ1) is 24.3. The first-order valence-corrected chi connectivity index (χ1v) is 12.9. The van der Waals surface area contributed by atoms with Crippen LogP contribution in [0.1, 0.15) is 30.5 Å². The summed E-state index contributed by atoms with van der Waals surface area (Å²) in [5.41, 5.74) is 1.26. The van der Waals surface area contributed by atoms with E-state index in [2.05, 4.69) is 0 Å². The van der Waals surface area contributed by atoms with Crippen molar-refractivity contribution in [3.63, 3.8) is 0 Å². The molecule has 1 atom stereocenters. The third kappa shape index (κ3) is 5.73. The molecule has 0 saturated heterocycles. The summed E-state index contributed by atoms with van der Waals surface area (Å²) >= 11 is 1.09. The number of carbonyl (C=O) groups excluding carboxylic acids is 1. The van der Waals surface area contributed by atoms with Crippen LogP contribution in [-0.4, -0.2) is 28.5 Å². The Labute approximate surface area is 194 Å². The van der Waals surface area contributed by atoms with Gasteiger partial charge in [-0.05, 0) is 35.1 Å². The van der Waals surface area contributed by atoms with Crippen molar-refractivity contribution in [2.24, 2.45) is 5.41 Å². The molecule has 0 aliphatic rings. The van der Waals surface area contributed by atoms with E-state index in [0.717, 1.165) is 28.5 Å². The van der Waals surface area contributed by atoms with Gasteiger partial charge in [-0.25, -0.2) is 0 Å². The molecule has 0 heterocycles. The summed E-state index contributed by atoms with van der Waals surface area (Å²) < 4.78 is 17.7. The fourth-order valence-electron chi connectivity index (χ4n) is 3.53. The summed E-state index contributed by atoms with van der Waals surface area (Å²) in [6, 6.07) is 30.1. The van der Waals surface area contributed by atoms with Crippen LogP contribution in [0.15, 0.2) is 91.0 Å². The summed E-state index contributed by atoms with van der Waals surface area (Å²) in [5, 5.41) is -0.0579. The largest absolute Gasteiger partial charge is 0.506 e. The van der Waals surface area contributed by atoms with Crippen LogP contribution in [0, 0.1) is 5.41 Å². The molecule has 0 spiro atoms. The smallest absolute Gasteiger partial charge is 0.360 e. The molecule has 0 amide bonds. The van der Waals surface area contributed by atoms with Crippen molar-refractivity contribution in [1.29, 1.82) is 0 Å². The number of thioether (sulfide) groups is 1. The molecule has 0 aliphatic heterocycles. The van der Waals surface area contributed by atoms with Crippen molar-refractivity contribution >= 4 is 24.9 Å². The van der Waals surface area contributed by atoms with E-state index in [1.807, 2.05) is 105 Å². The zero-order chi connectivity index (χ0) is 23.0. The van der Waals surface area contributed by atoms with E-state index in [4.69, 9.17) is 9.63 Å². The number of hydrogen-bond donors (Lipinski definition) is 1. The first-order valence-electron chi connectivity index (χ1n) is 10.5. The number of benzene rings is 3. The lowest BCUT2D eigenvalue weighted by Gasteiger charge is -2.38. The SMILES string of the molecule is CC(C)(COC(c1ccccc1)(c1ccccc1)c1ccccc1)C(=O)SCC[P+](=O)O. The standard InChI is InChI=1S/C26H27O4PS/c1-25(2,24(27)32-19-18-31(28)29)20-30-26(21-12-6-3-7-13-21,22-14-8-4-9-15-22)23-16-10-5-11-17-23/h3-17H,18-20H2,1-2H3/p+1. The van der Waals surface area contributed by atoms with Crippen LogP contribution < -0.4 is 0 Å². The molecule has 3 aromatic rings. The van der Waals surface area contributed by atoms with Gasteiger partial charge >= 0.3 is 8.03 Å². The van der Waals surface area contributed by atoms with Crippen LogP contribution in [0.4, 0.5) is 0 Å². The summed E-state index contributed by atoms with van der Waals surface area (Å²) in [7, 11) is -2.24. The average Bonchev–Trinajstić information content (AvgIpc) is 2.81. The highest BCUT2D eigenvalue weighted by Gasteiger charge is 2.40. The van der Waals surface area contributed by atoms with E-state index < -0.39 is 19.0 Å². The Bertz CT molecular complexity index is 927. The molecule has 3 aromatic carbocycles. The molecule has 32 heavy (non-hydrogen) atoms. The third-order valence-electron chi connectivity index (χ3n) is 5.26. The normalized spacial score (nSPS) is 12.4. The molecule has 166 valence electrons. The van der Waals surface area contributed by atoms with Crippen LogP contribution >= 0.6 is 19.8 Å². The summed E-state index contributed by atoms with van der Waals surface area (Å²) in [6.45, 7) is 3.89. The van der Waals surface area contributed by atoms with Gasteiger partial charge in [0.1, 0.15) is 5.60 Å². The maximum Gasteiger partial charge on any atom is 0.506 e. The predicted molar refractivity (Wildman–Crippen MR) is 131 cm³/mol. The second-order valence-electron chi connectivity index (χ2n) is 8.16. The van der Waals surface area contributed by atoms with Crippen LogP contribution in [0.5, 0.6) is 0 Å². The molecule has 0 aromatic heterocycles. The zero-order valence-corrected chi connectivity index (χ0v) is 20.0. The Kier molecular flexibility index (Phi) is 8.38. The lowest BCUT2D eigenvalue weighted by atomic mass is 9.79. The van der Waals surface area contributed by atoms with Gasteiger partial charge in [-0.15, -0.1) is 0 Å². The van der Waals surface area contributed by atoms with Crippen LogP contribution in [-0.2, 0) is 19.7 Å². The highest BCUT2D eigenvalue weighted by molar-refractivity contribution is 8.13. The second-order valence-corrected chi connectivity index (χ2v) is 10.4. The van der Waals surface area contributed by atoms with Gasteiger partial charge in [0.2, 0.25) is 0 Å². The number of carbonyl (C=O) groups is 1. The van der Waals surface area contributed by atoms with Crippen molar-refractivity contribution < 1.29 is 19.0 Å². The van der Waals surface area contributed by atoms with Gasteiger partial charge < -0.3 is 4.74 Å². The fraction of sp³-hybridized carbons (Fsp3) is 0.269. The van der Waals surface area contributed by atoms with E-state index in [9.17, 15) is 9.36 Å². The Morgan fingerprint density at radius 3 is 1.62 bits per heavy atom. The lowest BCUT2D eigenvalue weighted by Crippen LogP contribution is -2.38. The van der Waals surface area contributed by atoms with E-state index in [0.29, 0.717) is 5.75 Å². The first-order chi connectivity index (χ1) is 15.4. The highest BCUT2D eigenvalue weighted by atomic mass is 32.2. The Morgan fingerprint density at radius 2 is 1.25 bits per heavy atom. The van der Waals surface area contributed by atoms with Crippen molar-refractivity contribution in [3.8, 4) is 0 Å². The van der Waals surface area contributed by atoms with Crippen molar-refractivity contribution in [1.82, 2.24) is 0 Å². The molecular weight excluding hydrogens is 439 g/mol. The molecule has 1 N–H and O–H groups in total. The Morgan fingerprint density at radius 1 is 0.844 bits per heavy atom. The molecule has 1 unspecified atom stereocenters. The molecule has 4 nitrogen and oxygen atoms in total. The van der Waals surface area contributed by atoms with Crippen molar-refractivity contribution in [3.05, 3.63) is 108 Å². The number of rotatable bonds is 10. The maximum absolute atomic E-state index is 12.9. The monoisotopic (exact) mass is 467 g/mol. The molecule has 0 bridgehead atoms. The molecule has 6 heteroatoms. The topological polar surface area (TPSA) is 63.6 Å². The van der Waals surface area contributed by atoms with Gasteiger partial charge in [0, 0.05) is 5.75 Å². The van der Waals surface area contributed by atoms with Gasteiger partial charge in [0.25, 0.3) is 0 Å². The summed E-state index contributed by atoms with van der Waals surface area (Å²) in [4.78, 5) is 21.9. The minimum absolute atomic E-state index is 0.0579. The second kappa shape index (κ2) is 11.0. The lowest BCUT2D eigenvalue weighted by molar-refractivity contribution is -0.124. The minimum atomic E-state index is -2.24. The summed E-state index contributed by atoms with van der Waals surface area (Å²) in [5.74, 6) is 0.315. The van der Waals surface area contributed by atoms with Crippen LogP contribution in [0.25, 0.3) is 0 Å². The van der Waals surface area contributed by atoms with Crippen LogP contribution in [0.2, 0.25) is 0 Å². The van der Waals surface area contributed by atoms with Gasteiger partial charge in [0.05, 0.1) is 12.0 Å². The molecule has 3 rings (SSSR count). The van der Waals surface area contributed by atoms with E-state index in [1.54, 1.807) is 0 Å². The quantitative estimate of drug-likeness (QED) is 0.292. The number of hydrogen-bond acceptors (Lipinski definition) is 4. The fourth-order valence-corrected chi connectivity index (χ4v) is 5.15. The maximum atomic E-state index is 12.9. The van der Waals surface area contributed by atoms with Crippen molar-refractivity contribution in [2.45, 2.75) is 19.4 Å². The molecule has 0 radical (unpaired) electrons. The molecule has 0 saturated carbocycles. The van der Waals surface area contributed by atoms with E-state index >= 15 is 0 Å². The van der Waals surface area contributed by atoms with Gasteiger partial charge in [-0.2, -0.15) is 4.89 Å². The van der Waals surface area contributed by atoms with Gasteiger partial charge in [-0.3, -0.25) is 4.79 Å². The van der Waals surface area contributed by atoms with E-state index in [-0.39, 0.29) is 17.9 Å². The predicted octanol–water partition coefficient (Wildman–Crippen LogP) is 6.02. The average molecular weight is 468 g/mol. The number of ether oxygens (including phenoxy) is 1. The third-order valence-corrected chi connectivity index (χ3v) is 7.39. The molecular formula is C26H28O4PS+. The van der Waals surface area contributed by atoms with Gasteiger partial charge in [0.15, 0.2) is 11.3 Å². The minimum Gasteiger partial charge on any atom is -0.360 e. The Hall–Kier alpha value is -2.30.